The Labute approximate surface area is 97.4 Å². The Balaban J connectivity index is 2.79. The van der Waals surface area contributed by atoms with Crippen LogP contribution in [0.5, 0.6) is 0 Å². The van der Waals surface area contributed by atoms with E-state index >= 15 is 0 Å². The molecule has 3 heteroatoms. The van der Waals surface area contributed by atoms with E-state index in [0.717, 1.165) is 5.56 Å². The zero-order valence-corrected chi connectivity index (χ0v) is 10.5. The van der Waals surface area contributed by atoms with E-state index in [4.69, 9.17) is 10.1 Å². The van der Waals surface area contributed by atoms with Gasteiger partial charge in [-0.25, -0.2) is 0 Å². The number of nitrogens with zero attached hydrogens (tertiary/aromatic N) is 1. The Morgan fingerprint density at radius 3 is 2.62 bits per heavy atom. The van der Waals surface area contributed by atoms with E-state index in [1.54, 1.807) is 6.20 Å². The van der Waals surface area contributed by atoms with E-state index in [0.29, 0.717) is 18.9 Å². The van der Waals surface area contributed by atoms with Crippen molar-refractivity contribution in [1.82, 2.24) is 4.98 Å². The molecule has 1 aromatic rings. The minimum Gasteiger partial charge on any atom is -0.481 e. The Kier molecular flexibility index (Phi) is 4.05. The maximum atomic E-state index is 7.60. The summed E-state index contributed by atoms with van der Waals surface area (Å²) >= 11 is 0. The van der Waals surface area contributed by atoms with Gasteiger partial charge in [-0.1, -0.05) is 26.8 Å². The van der Waals surface area contributed by atoms with Gasteiger partial charge in [-0.3, -0.25) is 10.4 Å². The van der Waals surface area contributed by atoms with Crippen molar-refractivity contribution in [3.05, 3.63) is 29.6 Å². The molecule has 0 aromatic carbocycles. The molecule has 1 N–H and O–H groups in total. The molecule has 0 aliphatic rings. The van der Waals surface area contributed by atoms with Crippen molar-refractivity contribution in [3.8, 4) is 0 Å². The Hall–Kier alpha value is -1.38. The monoisotopic (exact) mass is 220 g/mol. The molecule has 0 radical (unpaired) electrons. The summed E-state index contributed by atoms with van der Waals surface area (Å²) in [6, 6.07) is 2.10. The van der Waals surface area contributed by atoms with Crippen molar-refractivity contribution in [2.45, 2.75) is 39.5 Å². The van der Waals surface area contributed by atoms with E-state index in [-0.39, 0.29) is 5.41 Å². The lowest BCUT2D eigenvalue weighted by atomic mass is 9.87. The Morgan fingerprint density at radius 1 is 1.38 bits per heavy atom. The lowest BCUT2D eigenvalue weighted by molar-refractivity contribution is 0.317. The SMILES string of the molecule is CCOC(=N)Cc1cncc(C(C)(C)C)c1. The summed E-state index contributed by atoms with van der Waals surface area (Å²) in [6.07, 6.45) is 4.20. The van der Waals surface area contributed by atoms with Crippen LogP contribution in [0, 0.1) is 5.41 Å². The summed E-state index contributed by atoms with van der Waals surface area (Å²) in [5.74, 6) is 0.301. The molecule has 0 amide bonds. The molecule has 0 saturated carbocycles. The fraction of sp³-hybridized carbons (Fsp3) is 0.538. The standard InChI is InChI=1S/C13H20N2O/c1-5-16-12(14)7-10-6-11(9-15-8-10)13(2,3)4/h6,8-9,14H,5,7H2,1-4H3. The predicted molar refractivity (Wildman–Crippen MR) is 66.0 cm³/mol. The first-order chi connectivity index (χ1) is 7.43. The van der Waals surface area contributed by atoms with Gasteiger partial charge in [0, 0.05) is 18.8 Å². The molecule has 0 aliphatic heterocycles. The van der Waals surface area contributed by atoms with Gasteiger partial charge in [0.25, 0.3) is 0 Å². The summed E-state index contributed by atoms with van der Waals surface area (Å²) in [6.45, 7) is 8.90. The average Bonchev–Trinajstić information content (AvgIpc) is 2.17. The van der Waals surface area contributed by atoms with E-state index in [1.165, 1.54) is 5.56 Å². The van der Waals surface area contributed by atoms with E-state index in [1.807, 2.05) is 13.1 Å². The van der Waals surface area contributed by atoms with Crippen LogP contribution in [0.15, 0.2) is 18.5 Å². The molecule has 0 saturated heterocycles. The first kappa shape index (κ1) is 12.7. The van der Waals surface area contributed by atoms with Gasteiger partial charge in [0.2, 0.25) is 0 Å². The lowest BCUT2D eigenvalue weighted by Crippen LogP contribution is -2.13. The quantitative estimate of drug-likeness (QED) is 0.629. The molecule has 0 aliphatic carbocycles. The van der Waals surface area contributed by atoms with Crippen molar-refractivity contribution in [2.24, 2.45) is 0 Å². The van der Waals surface area contributed by atoms with Crippen LogP contribution in [0.25, 0.3) is 0 Å². The number of aromatic nitrogens is 1. The highest BCUT2D eigenvalue weighted by Gasteiger charge is 2.14. The number of rotatable bonds is 3. The molecule has 1 aromatic heterocycles. The zero-order chi connectivity index (χ0) is 12.2. The maximum absolute atomic E-state index is 7.60. The topological polar surface area (TPSA) is 46.0 Å². The number of hydrogen-bond donors (Lipinski definition) is 1. The summed E-state index contributed by atoms with van der Waals surface area (Å²) in [5, 5.41) is 7.60. The highest BCUT2D eigenvalue weighted by molar-refractivity contribution is 5.75. The van der Waals surface area contributed by atoms with Crippen LogP contribution in [-0.4, -0.2) is 17.5 Å². The van der Waals surface area contributed by atoms with Crippen molar-refractivity contribution < 1.29 is 4.74 Å². The van der Waals surface area contributed by atoms with E-state index < -0.39 is 0 Å². The molecule has 3 nitrogen and oxygen atoms in total. The van der Waals surface area contributed by atoms with Crippen LogP contribution >= 0.6 is 0 Å². The second kappa shape index (κ2) is 5.10. The van der Waals surface area contributed by atoms with E-state index in [2.05, 4.69) is 31.8 Å². The molecule has 1 heterocycles. The van der Waals surface area contributed by atoms with Crippen LogP contribution < -0.4 is 0 Å². The number of nitrogens with one attached hydrogen (secondary N) is 1. The van der Waals surface area contributed by atoms with E-state index in [9.17, 15) is 0 Å². The van der Waals surface area contributed by atoms with Crippen molar-refractivity contribution in [1.29, 1.82) is 5.41 Å². The van der Waals surface area contributed by atoms with Crippen LogP contribution in [0.3, 0.4) is 0 Å². The zero-order valence-electron chi connectivity index (χ0n) is 10.5. The van der Waals surface area contributed by atoms with Gasteiger partial charge in [0.15, 0.2) is 5.90 Å². The third-order valence-electron chi connectivity index (χ3n) is 2.34. The third kappa shape index (κ3) is 3.65. The van der Waals surface area contributed by atoms with Gasteiger partial charge >= 0.3 is 0 Å². The minimum atomic E-state index is 0.0941. The van der Waals surface area contributed by atoms with Gasteiger partial charge in [0.1, 0.15) is 0 Å². The van der Waals surface area contributed by atoms with Gasteiger partial charge in [-0.15, -0.1) is 0 Å². The summed E-state index contributed by atoms with van der Waals surface area (Å²) in [4.78, 5) is 4.21. The average molecular weight is 220 g/mol. The Bertz CT molecular complexity index is 366. The molecule has 0 unspecified atom stereocenters. The first-order valence-corrected chi connectivity index (χ1v) is 5.58. The number of ether oxygens (including phenoxy) is 1. The van der Waals surface area contributed by atoms with Gasteiger partial charge in [-0.05, 0) is 23.5 Å². The first-order valence-electron chi connectivity index (χ1n) is 5.58. The number of pyridine rings is 1. The van der Waals surface area contributed by atoms with Crippen molar-refractivity contribution >= 4 is 5.90 Å². The van der Waals surface area contributed by atoms with Crippen LogP contribution in [0.4, 0.5) is 0 Å². The molecular weight excluding hydrogens is 200 g/mol. The van der Waals surface area contributed by atoms with Crippen molar-refractivity contribution in [3.63, 3.8) is 0 Å². The fourth-order valence-corrected chi connectivity index (χ4v) is 1.41. The molecule has 0 atom stereocenters. The molecule has 0 fully saturated rings. The summed E-state index contributed by atoms with van der Waals surface area (Å²) < 4.78 is 5.13. The van der Waals surface area contributed by atoms with Gasteiger partial charge < -0.3 is 4.74 Å². The highest BCUT2D eigenvalue weighted by atomic mass is 16.5. The predicted octanol–water partition coefficient (Wildman–Crippen LogP) is 2.94. The maximum Gasteiger partial charge on any atom is 0.184 e. The molecule has 88 valence electrons. The normalized spacial score (nSPS) is 11.2. The lowest BCUT2D eigenvalue weighted by Gasteiger charge is -2.19. The molecule has 0 bridgehead atoms. The number of hydrogen-bond acceptors (Lipinski definition) is 3. The van der Waals surface area contributed by atoms with Crippen LogP contribution in [0.2, 0.25) is 0 Å². The van der Waals surface area contributed by atoms with Gasteiger partial charge in [-0.2, -0.15) is 0 Å². The largest absolute Gasteiger partial charge is 0.481 e. The van der Waals surface area contributed by atoms with Crippen molar-refractivity contribution in [2.75, 3.05) is 6.61 Å². The molecular formula is C13H20N2O. The fourth-order valence-electron chi connectivity index (χ4n) is 1.41. The molecule has 16 heavy (non-hydrogen) atoms. The second-order valence-corrected chi connectivity index (χ2v) is 4.86. The molecule has 1 rings (SSSR count). The summed E-state index contributed by atoms with van der Waals surface area (Å²) in [5.41, 5.74) is 2.32. The third-order valence-corrected chi connectivity index (χ3v) is 2.34. The summed E-state index contributed by atoms with van der Waals surface area (Å²) in [7, 11) is 0. The van der Waals surface area contributed by atoms with Crippen LogP contribution in [0.1, 0.15) is 38.8 Å². The Morgan fingerprint density at radius 2 is 2.06 bits per heavy atom. The van der Waals surface area contributed by atoms with Crippen LogP contribution in [-0.2, 0) is 16.6 Å². The van der Waals surface area contributed by atoms with Gasteiger partial charge in [0.05, 0.1) is 6.61 Å². The highest BCUT2D eigenvalue weighted by Crippen LogP contribution is 2.21. The smallest absolute Gasteiger partial charge is 0.184 e. The molecule has 0 spiro atoms. The second-order valence-electron chi connectivity index (χ2n) is 4.86. The minimum absolute atomic E-state index is 0.0941.